The standard InChI is InChI=1S/C17H24N2O5/c1-4-12-7-8-14(24-12)13(10-22-3)19-16(20)18-11-17(2,21)15-6-5-9-23-15/h5-9,13,21H,4,10-11H2,1-3H3,(H2,18,19,20). The zero-order chi connectivity index (χ0) is 17.6. The van der Waals surface area contributed by atoms with E-state index in [1.165, 1.54) is 6.26 Å². The lowest BCUT2D eigenvalue weighted by Crippen LogP contribution is -2.45. The van der Waals surface area contributed by atoms with E-state index in [-0.39, 0.29) is 13.2 Å². The second kappa shape index (κ2) is 8.03. The van der Waals surface area contributed by atoms with Crippen molar-refractivity contribution in [2.24, 2.45) is 0 Å². The quantitative estimate of drug-likeness (QED) is 0.687. The average molecular weight is 336 g/mol. The van der Waals surface area contributed by atoms with Gasteiger partial charge in [0.1, 0.15) is 28.9 Å². The molecule has 2 aromatic heterocycles. The SMILES string of the molecule is CCc1ccc(C(COC)NC(=O)NCC(C)(O)c2ccco2)o1. The van der Waals surface area contributed by atoms with Crippen LogP contribution >= 0.6 is 0 Å². The summed E-state index contributed by atoms with van der Waals surface area (Å²) in [4.78, 5) is 12.1. The van der Waals surface area contributed by atoms with E-state index in [2.05, 4.69) is 10.6 Å². The second-order valence-electron chi connectivity index (χ2n) is 5.74. The zero-order valence-electron chi connectivity index (χ0n) is 14.2. The molecule has 2 unspecified atom stereocenters. The molecule has 0 radical (unpaired) electrons. The van der Waals surface area contributed by atoms with E-state index in [4.69, 9.17) is 13.6 Å². The highest BCUT2D eigenvalue weighted by Gasteiger charge is 2.27. The molecule has 0 bridgehead atoms. The Morgan fingerprint density at radius 2 is 2.21 bits per heavy atom. The largest absolute Gasteiger partial charge is 0.466 e. The molecule has 0 saturated carbocycles. The Bertz CT molecular complexity index is 633. The highest BCUT2D eigenvalue weighted by molar-refractivity contribution is 5.74. The first-order chi connectivity index (χ1) is 11.5. The van der Waals surface area contributed by atoms with Crippen molar-refractivity contribution in [2.75, 3.05) is 20.3 Å². The fourth-order valence-corrected chi connectivity index (χ4v) is 2.27. The van der Waals surface area contributed by atoms with Crippen LogP contribution in [0.4, 0.5) is 4.79 Å². The zero-order valence-corrected chi connectivity index (χ0v) is 14.2. The first-order valence-corrected chi connectivity index (χ1v) is 7.84. The Hall–Kier alpha value is -2.25. The van der Waals surface area contributed by atoms with Crippen LogP contribution in [0.25, 0.3) is 0 Å². The first-order valence-electron chi connectivity index (χ1n) is 7.84. The summed E-state index contributed by atoms with van der Waals surface area (Å²) in [6.45, 7) is 3.84. The van der Waals surface area contributed by atoms with Gasteiger partial charge in [0.25, 0.3) is 0 Å². The van der Waals surface area contributed by atoms with Crippen molar-refractivity contribution < 1.29 is 23.5 Å². The number of hydrogen-bond acceptors (Lipinski definition) is 5. The number of carbonyl (C=O) groups is 1. The summed E-state index contributed by atoms with van der Waals surface area (Å²) in [5.74, 6) is 1.85. The third-order valence-electron chi connectivity index (χ3n) is 3.66. The van der Waals surface area contributed by atoms with Crippen LogP contribution in [0.15, 0.2) is 39.4 Å². The van der Waals surface area contributed by atoms with Gasteiger partial charge in [-0.3, -0.25) is 0 Å². The number of hydrogen-bond donors (Lipinski definition) is 3. The molecule has 2 amide bonds. The van der Waals surface area contributed by atoms with Crippen LogP contribution in [0.2, 0.25) is 0 Å². The topological polar surface area (TPSA) is 96.9 Å². The molecule has 0 aliphatic rings. The molecule has 2 heterocycles. The molecule has 3 N–H and O–H groups in total. The summed E-state index contributed by atoms with van der Waals surface area (Å²) < 4.78 is 16.0. The van der Waals surface area contributed by atoms with E-state index >= 15 is 0 Å². The monoisotopic (exact) mass is 336 g/mol. The van der Waals surface area contributed by atoms with Gasteiger partial charge in [-0.1, -0.05) is 6.92 Å². The third-order valence-corrected chi connectivity index (χ3v) is 3.66. The van der Waals surface area contributed by atoms with E-state index in [1.807, 2.05) is 19.1 Å². The van der Waals surface area contributed by atoms with Crippen molar-refractivity contribution in [1.82, 2.24) is 10.6 Å². The Morgan fingerprint density at radius 3 is 2.79 bits per heavy atom. The Kier molecular flexibility index (Phi) is 6.05. The van der Waals surface area contributed by atoms with Gasteiger partial charge in [0.05, 0.1) is 19.4 Å². The van der Waals surface area contributed by atoms with Crippen LogP contribution < -0.4 is 10.6 Å². The van der Waals surface area contributed by atoms with Crippen molar-refractivity contribution in [3.05, 3.63) is 47.8 Å². The molecular formula is C17H24N2O5. The number of ether oxygens (including phenoxy) is 1. The van der Waals surface area contributed by atoms with Crippen LogP contribution in [-0.4, -0.2) is 31.4 Å². The number of urea groups is 1. The molecule has 2 rings (SSSR count). The minimum Gasteiger partial charge on any atom is -0.466 e. The van der Waals surface area contributed by atoms with Crippen molar-refractivity contribution in [2.45, 2.75) is 31.9 Å². The number of aliphatic hydroxyl groups is 1. The highest BCUT2D eigenvalue weighted by Crippen LogP contribution is 2.20. The fourth-order valence-electron chi connectivity index (χ4n) is 2.27. The van der Waals surface area contributed by atoms with Gasteiger partial charge in [-0.25, -0.2) is 4.79 Å². The van der Waals surface area contributed by atoms with Crippen molar-refractivity contribution in [3.63, 3.8) is 0 Å². The van der Waals surface area contributed by atoms with E-state index in [0.717, 1.165) is 12.2 Å². The Morgan fingerprint density at radius 1 is 1.42 bits per heavy atom. The number of amides is 2. The minimum absolute atomic E-state index is 0.00438. The minimum atomic E-state index is -1.29. The number of carbonyl (C=O) groups excluding carboxylic acids is 1. The number of rotatable bonds is 8. The normalized spacial score (nSPS) is 14.8. The lowest BCUT2D eigenvalue weighted by atomic mass is 10.0. The molecule has 7 nitrogen and oxygen atoms in total. The molecule has 2 aromatic rings. The van der Waals surface area contributed by atoms with Gasteiger partial charge in [-0.15, -0.1) is 0 Å². The van der Waals surface area contributed by atoms with Crippen LogP contribution in [-0.2, 0) is 16.8 Å². The van der Waals surface area contributed by atoms with E-state index < -0.39 is 17.7 Å². The molecular weight excluding hydrogens is 312 g/mol. The van der Waals surface area contributed by atoms with Gasteiger partial charge < -0.3 is 29.3 Å². The van der Waals surface area contributed by atoms with Crippen LogP contribution in [0.3, 0.4) is 0 Å². The van der Waals surface area contributed by atoms with Gasteiger partial charge in [0, 0.05) is 13.5 Å². The first kappa shape index (κ1) is 18.1. The van der Waals surface area contributed by atoms with Gasteiger partial charge in [-0.2, -0.15) is 0 Å². The summed E-state index contributed by atoms with van der Waals surface area (Å²) >= 11 is 0. The molecule has 0 aliphatic carbocycles. The maximum Gasteiger partial charge on any atom is 0.315 e. The third kappa shape index (κ3) is 4.62. The molecule has 2 atom stereocenters. The molecule has 7 heteroatoms. The molecule has 0 aliphatic heterocycles. The summed E-state index contributed by atoms with van der Waals surface area (Å²) in [5.41, 5.74) is -1.29. The van der Waals surface area contributed by atoms with E-state index in [1.54, 1.807) is 26.2 Å². The number of aryl methyl sites for hydroxylation is 1. The molecule has 24 heavy (non-hydrogen) atoms. The van der Waals surface area contributed by atoms with Crippen molar-refractivity contribution in [1.29, 1.82) is 0 Å². The smallest absolute Gasteiger partial charge is 0.315 e. The maximum absolute atomic E-state index is 12.1. The van der Waals surface area contributed by atoms with Crippen LogP contribution in [0.5, 0.6) is 0 Å². The summed E-state index contributed by atoms with van der Waals surface area (Å²) in [7, 11) is 1.55. The molecule has 0 aromatic carbocycles. The Balaban J connectivity index is 1.93. The number of nitrogens with one attached hydrogen (secondary N) is 2. The molecule has 0 spiro atoms. The predicted molar refractivity (Wildman–Crippen MR) is 87.5 cm³/mol. The maximum atomic E-state index is 12.1. The summed E-state index contributed by atoms with van der Waals surface area (Å²) in [6.07, 6.45) is 2.25. The summed E-state index contributed by atoms with van der Waals surface area (Å²) in [6, 6.07) is 6.19. The van der Waals surface area contributed by atoms with E-state index in [9.17, 15) is 9.90 Å². The van der Waals surface area contributed by atoms with Crippen LogP contribution in [0, 0.1) is 0 Å². The van der Waals surface area contributed by atoms with Crippen LogP contribution in [0.1, 0.15) is 37.2 Å². The second-order valence-corrected chi connectivity index (χ2v) is 5.74. The average Bonchev–Trinajstić information content (AvgIpc) is 3.24. The van der Waals surface area contributed by atoms with Crippen molar-refractivity contribution >= 4 is 6.03 Å². The van der Waals surface area contributed by atoms with E-state index in [0.29, 0.717) is 11.5 Å². The fraction of sp³-hybridized carbons (Fsp3) is 0.471. The number of furan rings is 2. The van der Waals surface area contributed by atoms with Gasteiger partial charge in [0.2, 0.25) is 0 Å². The Labute approximate surface area is 141 Å². The molecule has 0 fully saturated rings. The highest BCUT2D eigenvalue weighted by atomic mass is 16.5. The molecule has 132 valence electrons. The predicted octanol–water partition coefficient (Wildman–Crippen LogP) is 2.33. The van der Waals surface area contributed by atoms with Gasteiger partial charge >= 0.3 is 6.03 Å². The summed E-state index contributed by atoms with van der Waals surface area (Å²) in [5, 5.41) is 15.7. The van der Waals surface area contributed by atoms with Gasteiger partial charge in [-0.05, 0) is 31.2 Å². The lowest BCUT2D eigenvalue weighted by molar-refractivity contribution is 0.0365. The molecule has 0 saturated heterocycles. The number of methoxy groups -OCH3 is 1. The van der Waals surface area contributed by atoms with Gasteiger partial charge in [0.15, 0.2) is 0 Å². The lowest BCUT2D eigenvalue weighted by Gasteiger charge is -2.22. The van der Waals surface area contributed by atoms with Crippen molar-refractivity contribution in [3.8, 4) is 0 Å².